The molecule has 0 bridgehead atoms. The van der Waals surface area contributed by atoms with E-state index in [9.17, 15) is 14.4 Å². The highest BCUT2D eigenvalue weighted by Crippen LogP contribution is 2.34. The van der Waals surface area contributed by atoms with Gasteiger partial charge in [0.2, 0.25) is 11.8 Å². The zero-order chi connectivity index (χ0) is 27.3. The van der Waals surface area contributed by atoms with Crippen molar-refractivity contribution < 1.29 is 29.3 Å². The van der Waals surface area contributed by atoms with Gasteiger partial charge in [0.1, 0.15) is 18.4 Å². The number of fused-ring (bicyclic) bond motifs is 1. The lowest BCUT2D eigenvalue weighted by atomic mass is 9.95. The second-order valence-corrected chi connectivity index (χ2v) is 8.55. The first-order chi connectivity index (χ1) is 18.0. The van der Waals surface area contributed by atoms with Crippen LogP contribution in [0.15, 0.2) is 42.5 Å². The number of amides is 3. The molecule has 2 unspecified atom stereocenters. The first kappa shape index (κ1) is 18.1. The molecule has 8 nitrogen and oxygen atoms in total. The van der Waals surface area contributed by atoms with E-state index in [0.29, 0.717) is 11.3 Å². The standard InChI is InChI=1S/C26H29N3O5/c1-17-13-22(25(31)27-24(17)30)29-15-21-20(26(29)32)3-2-4-23(21)34-16-19-7-5-18(6-8-19)14-28-9-11-33-12-10-28/h2-8,17,22H,9-16H2,1H3,(H,27,30,31)/i13D2,17D,22D. The summed E-state index contributed by atoms with van der Waals surface area (Å²) in [5, 5.41) is 1.90. The van der Waals surface area contributed by atoms with Gasteiger partial charge in [0.25, 0.3) is 5.91 Å². The van der Waals surface area contributed by atoms with Gasteiger partial charge in [-0.25, -0.2) is 0 Å². The van der Waals surface area contributed by atoms with Gasteiger partial charge in [0.15, 0.2) is 0 Å². The van der Waals surface area contributed by atoms with Crippen molar-refractivity contribution in [1.29, 1.82) is 0 Å². The number of morpholine rings is 1. The molecule has 0 aliphatic carbocycles. The maximum Gasteiger partial charge on any atom is 0.255 e. The highest BCUT2D eigenvalue weighted by Gasteiger charge is 2.42. The first-order valence-corrected chi connectivity index (χ1v) is 11.3. The summed E-state index contributed by atoms with van der Waals surface area (Å²) in [6.07, 6.45) is -2.99. The van der Waals surface area contributed by atoms with Crippen molar-refractivity contribution in [3.63, 3.8) is 0 Å². The summed E-state index contributed by atoms with van der Waals surface area (Å²) < 4.78 is 45.3. The van der Waals surface area contributed by atoms with Crippen molar-refractivity contribution in [3.05, 3.63) is 64.7 Å². The summed E-state index contributed by atoms with van der Waals surface area (Å²) in [7, 11) is 0. The molecule has 1 N–H and O–H groups in total. The predicted octanol–water partition coefficient (Wildman–Crippen LogP) is 2.10. The molecule has 0 saturated carbocycles. The largest absolute Gasteiger partial charge is 0.489 e. The van der Waals surface area contributed by atoms with Crippen LogP contribution in [0.1, 0.15) is 45.8 Å². The van der Waals surface area contributed by atoms with Crippen LogP contribution in [0.25, 0.3) is 0 Å². The van der Waals surface area contributed by atoms with E-state index in [-0.39, 0.29) is 18.7 Å². The number of hydrogen-bond acceptors (Lipinski definition) is 6. The van der Waals surface area contributed by atoms with Crippen LogP contribution in [-0.2, 0) is 34.0 Å². The van der Waals surface area contributed by atoms with Gasteiger partial charge in [0.05, 0.1) is 21.1 Å². The third-order valence-corrected chi connectivity index (χ3v) is 6.21. The molecule has 5 rings (SSSR count). The average Bonchev–Trinajstić information content (AvgIpc) is 3.24. The molecule has 0 aromatic heterocycles. The normalized spacial score (nSPS) is 30.6. The summed E-state index contributed by atoms with van der Waals surface area (Å²) in [4.78, 5) is 41.4. The molecule has 2 aromatic rings. The van der Waals surface area contributed by atoms with Crippen molar-refractivity contribution in [2.75, 3.05) is 26.3 Å². The lowest BCUT2D eigenvalue weighted by Crippen LogP contribution is -2.55. The number of imide groups is 1. The van der Waals surface area contributed by atoms with Gasteiger partial charge in [-0.1, -0.05) is 37.3 Å². The summed E-state index contributed by atoms with van der Waals surface area (Å²) in [5.74, 6) is -5.26. The topological polar surface area (TPSA) is 88.2 Å². The van der Waals surface area contributed by atoms with Crippen LogP contribution in [-0.4, -0.2) is 59.8 Å². The molecule has 178 valence electrons. The Hall–Kier alpha value is -3.23. The van der Waals surface area contributed by atoms with Gasteiger partial charge < -0.3 is 14.4 Å². The molecule has 2 atom stereocenters. The molecule has 2 aromatic carbocycles. The number of piperidine rings is 1. The van der Waals surface area contributed by atoms with Crippen molar-refractivity contribution in [2.45, 2.75) is 39.0 Å². The highest BCUT2D eigenvalue weighted by molar-refractivity contribution is 6.06. The van der Waals surface area contributed by atoms with Crippen LogP contribution in [0.5, 0.6) is 5.75 Å². The summed E-state index contributed by atoms with van der Waals surface area (Å²) >= 11 is 0. The number of carbonyl (C=O) groups excluding carboxylic acids is 3. The van der Waals surface area contributed by atoms with Gasteiger partial charge in [-0.15, -0.1) is 0 Å². The van der Waals surface area contributed by atoms with E-state index in [0.717, 1.165) is 50.2 Å². The predicted molar refractivity (Wildman–Crippen MR) is 124 cm³/mol. The van der Waals surface area contributed by atoms with Gasteiger partial charge >= 0.3 is 0 Å². The van der Waals surface area contributed by atoms with Gasteiger partial charge in [-0.3, -0.25) is 24.6 Å². The lowest BCUT2D eigenvalue weighted by Gasteiger charge is -2.32. The molecule has 3 heterocycles. The fourth-order valence-electron chi connectivity index (χ4n) is 4.28. The molecular weight excluding hydrogens is 434 g/mol. The summed E-state index contributed by atoms with van der Waals surface area (Å²) in [6, 6.07) is 10.0. The van der Waals surface area contributed by atoms with Gasteiger partial charge in [-0.05, 0) is 29.6 Å². The number of nitrogens with one attached hydrogen (secondary N) is 1. The Balaban J connectivity index is 1.32. The van der Waals surface area contributed by atoms with Crippen LogP contribution in [0.2, 0.25) is 0 Å². The number of hydrogen-bond donors (Lipinski definition) is 1. The molecule has 2 saturated heterocycles. The Morgan fingerprint density at radius 3 is 2.59 bits per heavy atom. The Bertz CT molecular complexity index is 1280. The average molecular weight is 468 g/mol. The summed E-state index contributed by atoms with van der Waals surface area (Å²) in [5.41, 5.74) is 2.69. The van der Waals surface area contributed by atoms with Crippen LogP contribution in [0.3, 0.4) is 0 Å². The number of nitrogens with zero attached hydrogens (tertiary/aromatic N) is 2. The third kappa shape index (κ3) is 4.56. The molecule has 34 heavy (non-hydrogen) atoms. The maximum atomic E-state index is 13.3. The van der Waals surface area contributed by atoms with E-state index in [1.165, 1.54) is 11.6 Å². The quantitative estimate of drug-likeness (QED) is 0.655. The van der Waals surface area contributed by atoms with Crippen LogP contribution >= 0.6 is 0 Å². The maximum absolute atomic E-state index is 13.3. The van der Waals surface area contributed by atoms with Crippen molar-refractivity contribution in [3.8, 4) is 5.75 Å². The van der Waals surface area contributed by atoms with Crippen LogP contribution in [0.4, 0.5) is 0 Å². The minimum atomic E-state index is -2.99. The van der Waals surface area contributed by atoms with E-state index in [4.69, 9.17) is 15.0 Å². The van der Waals surface area contributed by atoms with Crippen molar-refractivity contribution in [2.24, 2.45) is 5.89 Å². The second-order valence-electron chi connectivity index (χ2n) is 8.55. The molecule has 0 spiro atoms. The number of benzene rings is 2. The van der Waals surface area contributed by atoms with Crippen molar-refractivity contribution in [1.82, 2.24) is 15.1 Å². The second kappa shape index (κ2) is 9.56. The van der Waals surface area contributed by atoms with E-state index in [2.05, 4.69) is 4.90 Å². The van der Waals surface area contributed by atoms with Gasteiger partial charge in [-0.2, -0.15) is 0 Å². The fourth-order valence-corrected chi connectivity index (χ4v) is 4.28. The molecule has 3 aliphatic heterocycles. The molecule has 2 fully saturated rings. The van der Waals surface area contributed by atoms with Gasteiger partial charge in [0, 0.05) is 40.8 Å². The first-order valence-electron chi connectivity index (χ1n) is 13.3. The summed E-state index contributed by atoms with van der Waals surface area (Å²) in [6.45, 7) is 5.06. The zero-order valence-electron chi connectivity index (χ0n) is 22.9. The fraction of sp³-hybridized carbons (Fsp3) is 0.423. The van der Waals surface area contributed by atoms with Crippen LogP contribution in [0, 0.1) is 5.89 Å². The third-order valence-electron chi connectivity index (χ3n) is 6.21. The Labute approximate surface area is 204 Å². The van der Waals surface area contributed by atoms with Crippen LogP contribution < -0.4 is 10.1 Å². The smallest absolute Gasteiger partial charge is 0.255 e. The SMILES string of the molecule is [2H]C1(C)C(=O)NC(=O)C([2H])(N2Cc3c(OCc4ccc(CN5CCOCC5)cc4)cccc3C2=O)C1([2H])[2H]. The minimum Gasteiger partial charge on any atom is -0.489 e. The van der Waals surface area contributed by atoms with E-state index in [1.54, 1.807) is 12.1 Å². The van der Waals surface area contributed by atoms with E-state index >= 15 is 0 Å². The van der Waals surface area contributed by atoms with Crippen molar-refractivity contribution >= 4 is 17.7 Å². The minimum absolute atomic E-state index is 0.183. The zero-order valence-corrected chi connectivity index (χ0v) is 18.9. The number of carbonyl (C=O) groups is 3. The monoisotopic (exact) mass is 467 g/mol. The highest BCUT2D eigenvalue weighted by atomic mass is 16.5. The molecule has 0 radical (unpaired) electrons. The molecule has 3 aliphatic rings. The lowest BCUT2D eigenvalue weighted by molar-refractivity contribution is -0.139. The molecular formula is C26H29N3O5. The Morgan fingerprint density at radius 2 is 1.82 bits per heavy atom. The van der Waals surface area contributed by atoms with E-state index < -0.39 is 36.0 Å². The number of ether oxygens (including phenoxy) is 2. The molecule has 3 amide bonds. The molecule has 8 heteroatoms. The Kier molecular flexibility index (Phi) is 5.10. The Morgan fingerprint density at radius 1 is 1.09 bits per heavy atom. The van der Waals surface area contributed by atoms with E-state index in [1.807, 2.05) is 29.6 Å². The number of rotatable bonds is 6.